The van der Waals surface area contributed by atoms with Gasteiger partial charge >= 0.3 is 6.36 Å². The van der Waals surface area contributed by atoms with E-state index >= 15 is 0 Å². The summed E-state index contributed by atoms with van der Waals surface area (Å²) in [6.45, 7) is 4.15. The number of H-pyrrole nitrogens is 1. The number of hydrogen-bond donors (Lipinski definition) is 1. The number of alkyl halides is 3. The fourth-order valence-corrected chi connectivity index (χ4v) is 3.92. The highest BCUT2D eigenvalue weighted by molar-refractivity contribution is 5.65. The number of benzene rings is 1. The third-order valence-corrected chi connectivity index (χ3v) is 5.70. The van der Waals surface area contributed by atoms with Gasteiger partial charge in [-0.05, 0) is 54.8 Å². The van der Waals surface area contributed by atoms with Crippen LogP contribution in [0.1, 0.15) is 12.8 Å². The zero-order chi connectivity index (χ0) is 21.4. The lowest BCUT2D eigenvalue weighted by atomic mass is 10.1. The summed E-state index contributed by atoms with van der Waals surface area (Å²) < 4.78 is 40.8. The molecule has 0 amide bonds. The van der Waals surface area contributed by atoms with E-state index in [2.05, 4.69) is 29.5 Å². The van der Waals surface area contributed by atoms with Crippen molar-refractivity contribution in [2.75, 3.05) is 31.1 Å². The first kappa shape index (κ1) is 19.9. The molecule has 0 bridgehead atoms. The van der Waals surface area contributed by atoms with Crippen LogP contribution in [0, 0.1) is 0 Å². The molecule has 3 aromatic rings. The molecule has 2 fully saturated rings. The molecule has 1 saturated heterocycles. The van der Waals surface area contributed by atoms with Gasteiger partial charge in [0.15, 0.2) is 0 Å². The molecule has 1 aliphatic heterocycles. The van der Waals surface area contributed by atoms with Crippen molar-refractivity contribution >= 4 is 5.82 Å². The maximum Gasteiger partial charge on any atom is 0.573 e. The van der Waals surface area contributed by atoms with Crippen LogP contribution in [0.2, 0.25) is 0 Å². The molecular weight excluding hydrogens is 407 g/mol. The van der Waals surface area contributed by atoms with Gasteiger partial charge in [-0.25, -0.2) is 9.97 Å². The van der Waals surface area contributed by atoms with Crippen molar-refractivity contribution in [3.63, 3.8) is 0 Å². The number of hydrogen-bond acceptors (Lipinski definition) is 5. The summed E-state index contributed by atoms with van der Waals surface area (Å²) in [6.07, 6.45) is 1.42. The van der Waals surface area contributed by atoms with Crippen molar-refractivity contribution in [3.05, 3.63) is 48.8 Å². The van der Waals surface area contributed by atoms with Gasteiger partial charge in [-0.2, -0.15) is 0 Å². The predicted molar refractivity (Wildman–Crippen MR) is 111 cm³/mol. The number of piperazine rings is 1. The largest absolute Gasteiger partial charge is 0.573 e. The number of pyridine rings is 1. The van der Waals surface area contributed by atoms with Crippen LogP contribution in [0.15, 0.2) is 48.8 Å². The third-order valence-electron chi connectivity index (χ3n) is 5.70. The Labute approximate surface area is 177 Å². The summed E-state index contributed by atoms with van der Waals surface area (Å²) in [5, 5.41) is 0. The minimum absolute atomic E-state index is 0.256. The average molecular weight is 429 g/mol. The molecule has 1 N–H and O–H groups in total. The molecule has 6 nitrogen and oxygen atoms in total. The molecule has 9 heteroatoms. The minimum atomic E-state index is -4.70. The van der Waals surface area contributed by atoms with E-state index in [9.17, 15) is 13.2 Å². The van der Waals surface area contributed by atoms with Gasteiger partial charge in [-0.3, -0.25) is 4.90 Å². The zero-order valence-corrected chi connectivity index (χ0v) is 16.8. The van der Waals surface area contributed by atoms with Crippen LogP contribution in [0.5, 0.6) is 5.75 Å². The highest BCUT2D eigenvalue weighted by Crippen LogP contribution is 2.29. The summed E-state index contributed by atoms with van der Waals surface area (Å²) in [6, 6.07) is 10.5. The normalized spacial score (nSPS) is 17.7. The first-order valence-corrected chi connectivity index (χ1v) is 10.3. The van der Waals surface area contributed by atoms with Gasteiger partial charge in [0, 0.05) is 44.0 Å². The molecule has 3 heterocycles. The SMILES string of the molecule is FC(F)(F)Oc1ccc(-c2cnc(-c3ccc(N4CCN(C5CC5)CC4)nc3)[nH]2)cc1. The molecule has 1 aromatic carbocycles. The Morgan fingerprint density at radius 1 is 0.871 bits per heavy atom. The Hall–Kier alpha value is -3.07. The second-order valence-electron chi connectivity index (χ2n) is 7.88. The van der Waals surface area contributed by atoms with Gasteiger partial charge in [0.1, 0.15) is 17.4 Å². The number of anilines is 1. The Morgan fingerprint density at radius 2 is 1.58 bits per heavy atom. The number of rotatable bonds is 5. The Bertz CT molecular complexity index is 1020. The number of halogens is 3. The zero-order valence-electron chi connectivity index (χ0n) is 16.8. The van der Waals surface area contributed by atoms with Crippen LogP contribution in [-0.2, 0) is 0 Å². The van der Waals surface area contributed by atoms with Crippen LogP contribution in [0.4, 0.5) is 19.0 Å². The summed E-state index contributed by atoms with van der Waals surface area (Å²) in [4.78, 5) is 17.1. The van der Waals surface area contributed by atoms with Crippen LogP contribution in [-0.4, -0.2) is 58.4 Å². The van der Waals surface area contributed by atoms with E-state index in [1.807, 2.05) is 12.1 Å². The topological polar surface area (TPSA) is 57.3 Å². The first-order valence-electron chi connectivity index (χ1n) is 10.3. The van der Waals surface area contributed by atoms with Crippen molar-refractivity contribution in [1.82, 2.24) is 19.9 Å². The van der Waals surface area contributed by atoms with Gasteiger partial charge in [-0.1, -0.05) is 0 Å². The lowest BCUT2D eigenvalue weighted by Gasteiger charge is -2.35. The van der Waals surface area contributed by atoms with Crippen molar-refractivity contribution < 1.29 is 17.9 Å². The molecule has 0 unspecified atom stereocenters. The third kappa shape index (κ3) is 4.66. The molecule has 2 aliphatic rings. The summed E-state index contributed by atoms with van der Waals surface area (Å²) in [5.74, 6) is 1.36. The summed E-state index contributed by atoms with van der Waals surface area (Å²) in [5.41, 5.74) is 2.27. The van der Waals surface area contributed by atoms with Crippen molar-refractivity contribution in [2.45, 2.75) is 25.2 Å². The molecule has 162 valence electrons. The van der Waals surface area contributed by atoms with E-state index < -0.39 is 6.36 Å². The standard InChI is InChI=1S/C22H22F3N5O/c23-22(24,25)31-18-6-1-15(2-7-18)19-14-27-21(28-19)16-3-8-20(26-13-16)30-11-9-29(10-12-30)17-4-5-17/h1-3,6-8,13-14,17H,4-5,9-12H2,(H,27,28). The van der Waals surface area contributed by atoms with Gasteiger partial charge in [0.2, 0.25) is 0 Å². The van der Waals surface area contributed by atoms with Crippen molar-refractivity contribution in [2.24, 2.45) is 0 Å². The maximum atomic E-state index is 12.3. The monoisotopic (exact) mass is 429 g/mol. The highest BCUT2D eigenvalue weighted by Gasteiger charge is 2.32. The van der Waals surface area contributed by atoms with Gasteiger partial charge < -0.3 is 14.6 Å². The van der Waals surface area contributed by atoms with Crippen molar-refractivity contribution in [1.29, 1.82) is 0 Å². The van der Waals surface area contributed by atoms with E-state index in [0.717, 1.165) is 43.6 Å². The summed E-state index contributed by atoms with van der Waals surface area (Å²) in [7, 11) is 0. The van der Waals surface area contributed by atoms with E-state index in [0.29, 0.717) is 17.1 Å². The number of nitrogens with zero attached hydrogens (tertiary/aromatic N) is 4. The first-order chi connectivity index (χ1) is 14.9. The highest BCUT2D eigenvalue weighted by atomic mass is 19.4. The maximum absolute atomic E-state index is 12.3. The lowest BCUT2D eigenvalue weighted by molar-refractivity contribution is -0.274. The molecule has 0 atom stereocenters. The quantitative estimate of drug-likeness (QED) is 0.655. The molecule has 0 radical (unpaired) electrons. The van der Waals surface area contributed by atoms with E-state index in [-0.39, 0.29) is 5.75 Å². The number of aromatic amines is 1. The molecule has 0 spiro atoms. The molecule has 31 heavy (non-hydrogen) atoms. The fourth-order valence-electron chi connectivity index (χ4n) is 3.92. The van der Waals surface area contributed by atoms with Gasteiger partial charge in [-0.15, -0.1) is 13.2 Å². The average Bonchev–Trinajstić information content (AvgIpc) is 3.50. The Balaban J connectivity index is 1.24. The molecule has 2 aromatic heterocycles. The molecule has 5 rings (SSSR count). The minimum Gasteiger partial charge on any atom is -0.406 e. The second kappa shape index (κ2) is 7.88. The van der Waals surface area contributed by atoms with E-state index in [4.69, 9.17) is 0 Å². The molecule has 1 aliphatic carbocycles. The lowest BCUT2D eigenvalue weighted by Crippen LogP contribution is -2.47. The van der Waals surface area contributed by atoms with E-state index in [1.54, 1.807) is 24.5 Å². The van der Waals surface area contributed by atoms with Crippen molar-refractivity contribution in [3.8, 4) is 28.4 Å². The van der Waals surface area contributed by atoms with E-state index in [1.165, 1.54) is 25.0 Å². The molecular formula is C22H22F3N5O. The van der Waals surface area contributed by atoms with Gasteiger partial charge in [0.25, 0.3) is 0 Å². The number of nitrogens with one attached hydrogen (secondary N) is 1. The number of aromatic nitrogens is 3. The summed E-state index contributed by atoms with van der Waals surface area (Å²) >= 11 is 0. The van der Waals surface area contributed by atoms with Gasteiger partial charge in [0.05, 0.1) is 11.9 Å². The number of ether oxygens (including phenoxy) is 1. The predicted octanol–water partition coefficient (Wildman–Crippen LogP) is 4.32. The number of imidazole rings is 1. The smallest absolute Gasteiger partial charge is 0.406 e. The van der Waals surface area contributed by atoms with Crippen LogP contribution in [0.3, 0.4) is 0 Å². The molecule has 1 saturated carbocycles. The van der Waals surface area contributed by atoms with Crippen LogP contribution < -0.4 is 9.64 Å². The Kier molecular flexibility index (Phi) is 5.05. The Morgan fingerprint density at radius 3 is 2.19 bits per heavy atom. The fraction of sp³-hybridized carbons (Fsp3) is 0.364. The van der Waals surface area contributed by atoms with Crippen LogP contribution >= 0.6 is 0 Å². The second-order valence-corrected chi connectivity index (χ2v) is 7.88. The van der Waals surface area contributed by atoms with Crippen LogP contribution in [0.25, 0.3) is 22.6 Å².